The predicted octanol–water partition coefficient (Wildman–Crippen LogP) is 2.28. The first-order valence-electron chi connectivity index (χ1n) is 7.57. The highest BCUT2D eigenvalue weighted by Crippen LogP contribution is 2.10. The standard InChI is InChI=1S/C18H19N3O3/c1-3-13-7-9-14(10-8-13)17(23)20-21-18(24)15-5-4-6-16(11-15)19-12(2)22/h4-11H,3H2,1-2H3,(H,19,22)(H,20,23)(H,21,24). The van der Waals surface area contributed by atoms with Crippen LogP contribution in [0.15, 0.2) is 48.5 Å². The first-order chi connectivity index (χ1) is 11.5. The zero-order valence-electron chi connectivity index (χ0n) is 13.6. The number of anilines is 1. The Kier molecular flexibility index (Phi) is 5.68. The molecule has 0 saturated carbocycles. The van der Waals surface area contributed by atoms with E-state index in [1.807, 2.05) is 19.1 Å². The van der Waals surface area contributed by atoms with Crippen molar-refractivity contribution >= 4 is 23.4 Å². The third kappa shape index (κ3) is 4.67. The van der Waals surface area contributed by atoms with Gasteiger partial charge in [-0.2, -0.15) is 0 Å². The molecule has 2 aromatic carbocycles. The van der Waals surface area contributed by atoms with Gasteiger partial charge in [0.15, 0.2) is 0 Å². The van der Waals surface area contributed by atoms with Crippen LogP contribution >= 0.6 is 0 Å². The highest BCUT2D eigenvalue weighted by atomic mass is 16.2. The molecule has 0 aliphatic carbocycles. The number of aryl methyl sites for hydroxylation is 1. The molecule has 2 aromatic rings. The molecular formula is C18H19N3O3. The summed E-state index contributed by atoms with van der Waals surface area (Å²) in [4.78, 5) is 35.1. The normalized spacial score (nSPS) is 9.92. The molecule has 0 aliphatic heterocycles. The summed E-state index contributed by atoms with van der Waals surface area (Å²) in [6, 6.07) is 13.6. The van der Waals surface area contributed by atoms with Gasteiger partial charge in [-0.25, -0.2) is 0 Å². The van der Waals surface area contributed by atoms with Gasteiger partial charge in [-0.1, -0.05) is 25.1 Å². The fourth-order valence-corrected chi connectivity index (χ4v) is 2.09. The first kappa shape index (κ1) is 17.2. The predicted molar refractivity (Wildman–Crippen MR) is 91.5 cm³/mol. The number of nitrogens with one attached hydrogen (secondary N) is 3. The van der Waals surface area contributed by atoms with Crippen molar-refractivity contribution in [2.75, 3.05) is 5.32 Å². The smallest absolute Gasteiger partial charge is 0.269 e. The molecule has 0 aromatic heterocycles. The highest BCUT2D eigenvalue weighted by Gasteiger charge is 2.10. The summed E-state index contributed by atoms with van der Waals surface area (Å²) in [7, 11) is 0. The van der Waals surface area contributed by atoms with Crippen LogP contribution in [0.1, 0.15) is 40.1 Å². The molecule has 0 bridgehead atoms. The van der Waals surface area contributed by atoms with Gasteiger partial charge >= 0.3 is 0 Å². The summed E-state index contributed by atoms with van der Waals surface area (Å²) in [6.45, 7) is 3.42. The summed E-state index contributed by atoms with van der Waals surface area (Å²) in [5.41, 5.74) is 7.14. The fourth-order valence-electron chi connectivity index (χ4n) is 2.09. The lowest BCUT2D eigenvalue weighted by Gasteiger charge is -2.09. The minimum absolute atomic E-state index is 0.226. The van der Waals surface area contributed by atoms with Gasteiger partial charge in [0.1, 0.15) is 0 Å². The number of hydrogen-bond donors (Lipinski definition) is 3. The maximum atomic E-state index is 12.1. The maximum Gasteiger partial charge on any atom is 0.269 e. The van der Waals surface area contributed by atoms with Crippen LogP contribution in [0.4, 0.5) is 5.69 Å². The second-order valence-corrected chi connectivity index (χ2v) is 5.22. The molecule has 0 saturated heterocycles. The van der Waals surface area contributed by atoms with Crippen molar-refractivity contribution in [2.45, 2.75) is 20.3 Å². The van der Waals surface area contributed by atoms with E-state index in [9.17, 15) is 14.4 Å². The third-order valence-corrected chi connectivity index (χ3v) is 3.36. The second kappa shape index (κ2) is 7.92. The van der Waals surface area contributed by atoms with Crippen LogP contribution in [0.2, 0.25) is 0 Å². The fraction of sp³-hybridized carbons (Fsp3) is 0.167. The second-order valence-electron chi connectivity index (χ2n) is 5.22. The minimum atomic E-state index is -0.472. The molecule has 124 valence electrons. The van der Waals surface area contributed by atoms with Crippen LogP contribution < -0.4 is 16.2 Å². The Labute approximate surface area is 140 Å². The molecule has 3 N–H and O–H groups in total. The van der Waals surface area contributed by atoms with Gasteiger partial charge in [-0.3, -0.25) is 25.2 Å². The molecular weight excluding hydrogens is 306 g/mol. The Morgan fingerprint density at radius 2 is 1.50 bits per heavy atom. The molecule has 0 aliphatic rings. The van der Waals surface area contributed by atoms with Crippen molar-refractivity contribution in [3.8, 4) is 0 Å². The van der Waals surface area contributed by atoms with E-state index in [4.69, 9.17) is 0 Å². The van der Waals surface area contributed by atoms with Crippen molar-refractivity contribution in [2.24, 2.45) is 0 Å². The summed E-state index contributed by atoms with van der Waals surface area (Å²) < 4.78 is 0. The molecule has 0 heterocycles. The summed E-state index contributed by atoms with van der Waals surface area (Å²) in [5.74, 6) is -1.10. The third-order valence-electron chi connectivity index (χ3n) is 3.36. The van der Waals surface area contributed by atoms with Crippen LogP contribution in [0.5, 0.6) is 0 Å². The molecule has 6 heteroatoms. The molecule has 3 amide bonds. The van der Waals surface area contributed by atoms with Crippen molar-refractivity contribution in [3.05, 3.63) is 65.2 Å². The Bertz CT molecular complexity index is 754. The number of hydrogen-bond acceptors (Lipinski definition) is 3. The van der Waals surface area contributed by atoms with Crippen LogP contribution in [-0.4, -0.2) is 17.7 Å². The van der Waals surface area contributed by atoms with E-state index in [0.29, 0.717) is 16.8 Å². The van der Waals surface area contributed by atoms with Gasteiger partial charge in [-0.05, 0) is 42.3 Å². The Morgan fingerprint density at radius 3 is 2.08 bits per heavy atom. The van der Waals surface area contributed by atoms with Gasteiger partial charge in [0.05, 0.1) is 0 Å². The quantitative estimate of drug-likeness (QED) is 0.754. The van der Waals surface area contributed by atoms with Gasteiger partial charge < -0.3 is 5.32 Å². The van der Waals surface area contributed by atoms with Crippen LogP contribution in [0, 0.1) is 0 Å². The van der Waals surface area contributed by atoms with E-state index in [1.54, 1.807) is 30.3 Å². The maximum absolute atomic E-state index is 12.1. The zero-order valence-corrected chi connectivity index (χ0v) is 13.6. The van der Waals surface area contributed by atoms with Gasteiger partial charge in [0.2, 0.25) is 5.91 Å². The topological polar surface area (TPSA) is 87.3 Å². The van der Waals surface area contributed by atoms with Crippen molar-refractivity contribution in [1.29, 1.82) is 0 Å². The molecule has 0 radical (unpaired) electrons. The number of carbonyl (C=O) groups excluding carboxylic acids is 3. The number of benzene rings is 2. The van der Waals surface area contributed by atoms with E-state index in [-0.39, 0.29) is 5.91 Å². The monoisotopic (exact) mass is 325 g/mol. The molecule has 0 atom stereocenters. The van der Waals surface area contributed by atoms with Crippen molar-refractivity contribution in [1.82, 2.24) is 10.9 Å². The van der Waals surface area contributed by atoms with E-state index >= 15 is 0 Å². The van der Waals surface area contributed by atoms with Gasteiger partial charge in [0, 0.05) is 23.7 Å². The van der Waals surface area contributed by atoms with Gasteiger partial charge in [-0.15, -0.1) is 0 Å². The number of rotatable bonds is 4. The van der Waals surface area contributed by atoms with Crippen LogP contribution in [0.3, 0.4) is 0 Å². The Hall–Kier alpha value is -3.15. The van der Waals surface area contributed by atoms with E-state index < -0.39 is 11.8 Å². The Morgan fingerprint density at radius 1 is 0.875 bits per heavy atom. The number of amides is 3. The first-order valence-corrected chi connectivity index (χ1v) is 7.57. The number of hydrazine groups is 1. The lowest BCUT2D eigenvalue weighted by molar-refractivity contribution is -0.114. The lowest BCUT2D eigenvalue weighted by Crippen LogP contribution is -2.41. The zero-order chi connectivity index (χ0) is 17.5. The lowest BCUT2D eigenvalue weighted by atomic mass is 10.1. The SMILES string of the molecule is CCc1ccc(C(=O)NNC(=O)c2cccc(NC(C)=O)c2)cc1. The highest BCUT2D eigenvalue weighted by molar-refractivity contribution is 6.00. The largest absolute Gasteiger partial charge is 0.326 e. The minimum Gasteiger partial charge on any atom is -0.326 e. The molecule has 24 heavy (non-hydrogen) atoms. The van der Waals surface area contributed by atoms with Crippen LogP contribution in [0.25, 0.3) is 0 Å². The average Bonchev–Trinajstić information content (AvgIpc) is 2.59. The average molecular weight is 325 g/mol. The van der Waals surface area contributed by atoms with Crippen molar-refractivity contribution < 1.29 is 14.4 Å². The Balaban J connectivity index is 1.96. The molecule has 2 rings (SSSR count). The van der Waals surface area contributed by atoms with E-state index in [2.05, 4.69) is 16.2 Å². The summed E-state index contributed by atoms with van der Waals surface area (Å²) >= 11 is 0. The molecule has 6 nitrogen and oxygen atoms in total. The number of carbonyl (C=O) groups is 3. The molecule has 0 unspecified atom stereocenters. The molecule has 0 fully saturated rings. The van der Waals surface area contributed by atoms with Crippen molar-refractivity contribution in [3.63, 3.8) is 0 Å². The molecule has 0 spiro atoms. The van der Waals surface area contributed by atoms with E-state index in [1.165, 1.54) is 13.0 Å². The van der Waals surface area contributed by atoms with Gasteiger partial charge in [0.25, 0.3) is 11.8 Å². The van der Waals surface area contributed by atoms with Crippen LogP contribution in [-0.2, 0) is 11.2 Å². The van der Waals surface area contributed by atoms with E-state index in [0.717, 1.165) is 12.0 Å². The summed E-state index contributed by atoms with van der Waals surface area (Å²) in [5, 5.41) is 2.60. The summed E-state index contributed by atoms with van der Waals surface area (Å²) in [6.07, 6.45) is 0.892.